The minimum absolute atomic E-state index is 0.0620. The maximum atomic E-state index is 13.6. The van der Waals surface area contributed by atoms with E-state index in [0.29, 0.717) is 4.90 Å². The smallest absolute Gasteiger partial charge is 0.329 e. The average Bonchev–Trinajstić information content (AvgIpc) is 2.95. The lowest BCUT2D eigenvalue weighted by atomic mass is 10.1. The first kappa shape index (κ1) is 19.5. The number of carbonyl (C=O) groups excluding carboxylic acids is 3. The topological polar surface area (TPSA) is 63.7 Å². The molecule has 5 nitrogen and oxygen atoms in total. The summed E-state index contributed by atoms with van der Waals surface area (Å²) in [6.45, 7) is -0.152. The number of benzene rings is 2. The zero-order valence-corrected chi connectivity index (χ0v) is 14.1. The standard InChI is InChI=1S/C18H10F5NO4/c1-7(24-16(25)8-4-2-3-5-9(8)17(24)26)18(27)28-6-10-11(19)13(21)15(23)14(22)12(10)20/h2-5,7H,6H2,1H3/t7-/m0/s1. The Morgan fingerprint density at radius 1 is 0.893 bits per heavy atom. The van der Waals surface area contributed by atoms with Crippen LogP contribution in [0.15, 0.2) is 24.3 Å². The Bertz CT molecular complexity index is 959. The molecule has 0 aliphatic carbocycles. The van der Waals surface area contributed by atoms with Gasteiger partial charge in [-0.25, -0.2) is 26.7 Å². The number of fused-ring (bicyclic) bond motifs is 1. The van der Waals surface area contributed by atoms with E-state index in [9.17, 15) is 36.3 Å². The van der Waals surface area contributed by atoms with Gasteiger partial charge in [0.25, 0.3) is 11.8 Å². The van der Waals surface area contributed by atoms with Crippen molar-refractivity contribution in [2.75, 3.05) is 0 Å². The van der Waals surface area contributed by atoms with Crippen LogP contribution in [0.3, 0.4) is 0 Å². The number of hydrogen-bond donors (Lipinski definition) is 0. The van der Waals surface area contributed by atoms with Crippen molar-refractivity contribution in [2.45, 2.75) is 19.6 Å². The van der Waals surface area contributed by atoms with Crippen molar-refractivity contribution in [2.24, 2.45) is 0 Å². The number of halogens is 5. The van der Waals surface area contributed by atoms with E-state index >= 15 is 0 Å². The average molecular weight is 399 g/mol. The minimum Gasteiger partial charge on any atom is -0.459 e. The lowest BCUT2D eigenvalue weighted by Crippen LogP contribution is -2.43. The summed E-state index contributed by atoms with van der Waals surface area (Å²) in [4.78, 5) is 37.3. The summed E-state index contributed by atoms with van der Waals surface area (Å²) in [6, 6.07) is 4.29. The van der Waals surface area contributed by atoms with Crippen LogP contribution in [-0.4, -0.2) is 28.7 Å². The van der Waals surface area contributed by atoms with Gasteiger partial charge in [0, 0.05) is 0 Å². The van der Waals surface area contributed by atoms with Crippen LogP contribution in [0.2, 0.25) is 0 Å². The van der Waals surface area contributed by atoms with Gasteiger partial charge in [-0.05, 0) is 19.1 Å². The third kappa shape index (κ3) is 2.90. The molecule has 0 unspecified atom stereocenters. The van der Waals surface area contributed by atoms with E-state index in [1.165, 1.54) is 24.3 Å². The van der Waals surface area contributed by atoms with E-state index in [0.717, 1.165) is 6.92 Å². The quantitative estimate of drug-likeness (QED) is 0.261. The fourth-order valence-electron chi connectivity index (χ4n) is 2.71. The van der Waals surface area contributed by atoms with Crippen LogP contribution in [0.1, 0.15) is 33.2 Å². The molecule has 28 heavy (non-hydrogen) atoms. The molecule has 0 spiro atoms. The van der Waals surface area contributed by atoms with Crippen LogP contribution >= 0.6 is 0 Å². The lowest BCUT2D eigenvalue weighted by molar-refractivity contribution is -0.149. The first-order valence-electron chi connectivity index (χ1n) is 7.80. The van der Waals surface area contributed by atoms with E-state index in [1.807, 2.05) is 0 Å². The highest BCUT2D eigenvalue weighted by Crippen LogP contribution is 2.26. The van der Waals surface area contributed by atoms with Crippen molar-refractivity contribution in [3.63, 3.8) is 0 Å². The fraction of sp³-hybridized carbons (Fsp3) is 0.167. The molecule has 0 radical (unpaired) electrons. The zero-order chi connectivity index (χ0) is 20.7. The van der Waals surface area contributed by atoms with E-state index in [2.05, 4.69) is 4.74 Å². The molecular weight excluding hydrogens is 389 g/mol. The van der Waals surface area contributed by atoms with Crippen molar-refractivity contribution in [1.82, 2.24) is 4.90 Å². The summed E-state index contributed by atoms with van der Waals surface area (Å²) in [6.07, 6.45) is 0. The maximum Gasteiger partial charge on any atom is 0.329 e. The SMILES string of the molecule is C[C@@H](C(=O)OCc1c(F)c(F)c(F)c(F)c1F)N1C(=O)c2ccccc2C1=O. The Labute approximate surface area is 154 Å². The molecule has 10 heteroatoms. The number of esters is 1. The molecule has 0 N–H and O–H groups in total. The largest absolute Gasteiger partial charge is 0.459 e. The molecule has 2 amide bonds. The first-order valence-corrected chi connectivity index (χ1v) is 7.80. The molecule has 0 saturated carbocycles. The second kappa shape index (κ2) is 7.02. The normalized spacial score (nSPS) is 14.3. The summed E-state index contributed by atoms with van der Waals surface area (Å²) in [5.41, 5.74) is -1.22. The summed E-state index contributed by atoms with van der Waals surface area (Å²) >= 11 is 0. The monoisotopic (exact) mass is 399 g/mol. The van der Waals surface area contributed by atoms with E-state index in [1.54, 1.807) is 0 Å². The van der Waals surface area contributed by atoms with Gasteiger partial charge >= 0.3 is 5.97 Å². The Balaban J connectivity index is 1.79. The Hall–Kier alpha value is -3.30. The second-order valence-electron chi connectivity index (χ2n) is 5.86. The lowest BCUT2D eigenvalue weighted by Gasteiger charge is -2.21. The van der Waals surface area contributed by atoms with Gasteiger partial charge in [-0.1, -0.05) is 12.1 Å². The molecule has 1 aliphatic heterocycles. The van der Waals surface area contributed by atoms with Gasteiger partial charge in [0.15, 0.2) is 23.3 Å². The molecule has 0 fully saturated rings. The maximum absolute atomic E-state index is 13.6. The van der Waals surface area contributed by atoms with Gasteiger partial charge in [-0.15, -0.1) is 0 Å². The van der Waals surface area contributed by atoms with Crippen LogP contribution in [-0.2, 0) is 16.1 Å². The van der Waals surface area contributed by atoms with Crippen molar-refractivity contribution in [1.29, 1.82) is 0 Å². The van der Waals surface area contributed by atoms with Crippen molar-refractivity contribution >= 4 is 17.8 Å². The third-order valence-corrected chi connectivity index (χ3v) is 4.21. The van der Waals surface area contributed by atoms with Crippen LogP contribution in [0.25, 0.3) is 0 Å². The van der Waals surface area contributed by atoms with Crippen molar-refractivity contribution in [3.8, 4) is 0 Å². The number of hydrogen-bond acceptors (Lipinski definition) is 4. The molecule has 1 atom stereocenters. The summed E-state index contributed by atoms with van der Waals surface area (Å²) < 4.78 is 71.2. The van der Waals surface area contributed by atoms with E-state index in [-0.39, 0.29) is 11.1 Å². The molecule has 0 saturated heterocycles. The van der Waals surface area contributed by atoms with Gasteiger partial charge in [0.05, 0.1) is 16.7 Å². The molecule has 146 valence electrons. The van der Waals surface area contributed by atoms with Gasteiger partial charge in [-0.3, -0.25) is 14.5 Å². The molecule has 0 bridgehead atoms. The molecule has 3 rings (SSSR count). The second-order valence-corrected chi connectivity index (χ2v) is 5.86. The minimum atomic E-state index is -2.34. The summed E-state index contributed by atoms with van der Waals surface area (Å²) in [7, 11) is 0. The molecule has 0 aromatic heterocycles. The highest BCUT2D eigenvalue weighted by atomic mass is 19.2. The van der Waals surface area contributed by atoms with Crippen molar-refractivity contribution < 1.29 is 41.1 Å². The first-order chi connectivity index (χ1) is 13.2. The predicted molar refractivity (Wildman–Crippen MR) is 82.4 cm³/mol. The summed E-state index contributed by atoms with van der Waals surface area (Å²) in [5.74, 6) is -13.8. The highest BCUT2D eigenvalue weighted by Gasteiger charge is 2.41. The van der Waals surface area contributed by atoms with Crippen LogP contribution in [0, 0.1) is 29.1 Å². The number of nitrogens with zero attached hydrogens (tertiary/aromatic N) is 1. The summed E-state index contributed by atoms with van der Waals surface area (Å²) in [5, 5.41) is 0. The molecular formula is C18H10F5NO4. The molecule has 1 aliphatic rings. The number of imide groups is 1. The van der Waals surface area contributed by atoms with Crippen molar-refractivity contribution in [3.05, 3.63) is 70.0 Å². The third-order valence-electron chi connectivity index (χ3n) is 4.21. The number of carbonyl (C=O) groups is 3. The van der Waals surface area contributed by atoms with E-state index < -0.39 is 65.1 Å². The predicted octanol–water partition coefficient (Wildman–Crippen LogP) is 3.11. The fourth-order valence-corrected chi connectivity index (χ4v) is 2.71. The highest BCUT2D eigenvalue weighted by molar-refractivity contribution is 6.22. The zero-order valence-electron chi connectivity index (χ0n) is 14.1. The number of ether oxygens (including phenoxy) is 1. The Morgan fingerprint density at radius 2 is 1.32 bits per heavy atom. The van der Waals surface area contributed by atoms with Gasteiger partial charge in [0.2, 0.25) is 5.82 Å². The van der Waals surface area contributed by atoms with E-state index in [4.69, 9.17) is 0 Å². The van der Waals surface area contributed by atoms with Crippen LogP contribution < -0.4 is 0 Å². The number of amides is 2. The van der Waals surface area contributed by atoms with Crippen LogP contribution in [0.4, 0.5) is 22.0 Å². The molecule has 2 aromatic carbocycles. The Kier molecular flexibility index (Phi) is 4.88. The molecule has 2 aromatic rings. The Morgan fingerprint density at radius 3 is 1.79 bits per heavy atom. The van der Waals surface area contributed by atoms with Gasteiger partial charge in [-0.2, -0.15) is 0 Å². The number of rotatable bonds is 4. The van der Waals surface area contributed by atoms with Gasteiger partial charge in [0.1, 0.15) is 12.6 Å². The van der Waals surface area contributed by atoms with Gasteiger partial charge < -0.3 is 4.74 Å². The van der Waals surface area contributed by atoms with Crippen LogP contribution in [0.5, 0.6) is 0 Å². The molecule has 1 heterocycles.